The van der Waals surface area contributed by atoms with Crippen LogP contribution in [0.5, 0.6) is 5.75 Å². The minimum absolute atomic E-state index is 0.0333. The van der Waals surface area contributed by atoms with Crippen LogP contribution < -0.4 is 4.74 Å². The number of nitrogens with zero attached hydrogens (tertiary/aromatic N) is 1. The summed E-state index contributed by atoms with van der Waals surface area (Å²) in [6, 6.07) is 25.5. The highest BCUT2D eigenvalue weighted by molar-refractivity contribution is 6.31. The summed E-state index contributed by atoms with van der Waals surface area (Å²) < 4.78 is 6.01. The maximum Gasteiger partial charge on any atom is 0.123 e. The van der Waals surface area contributed by atoms with Crippen LogP contribution in [0.25, 0.3) is 23.1 Å². The minimum Gasteiger partial charge on any atom is -0.490 e. The van der Waals surface area contributed by atoms with Gasteiger partial charge in [-0.15, -0.1) is 0 Å². The van der Waals surface area contributed by atoms with Crippen molar-refractivity contribution in [2.75, 3.05) is 6.61 Å². The molecule has 1 N–H and O–H groups in total. The molecule has 168 valence electrons. The molecule has 1 heterocycles. The fourth-order valence-corrected chi connectivity index (χ4v) is 3.89. The molecule has 0 radical (unpaired) electrons. The topological polar surface area (TPSA) is 42.4 Å². The van der Waals surface area contributed by atoms with Crippen molar-refractivity contribution < 1.29 is 9.84 Å². The first kappa shape index (κ1) is 23.0. The molecule has 1 unspecified atom stereocenters. The Bertz CT molecular complexity index is 1290. The number of fused-ring (bicyclic) bond motifs is 1. The van der Waals surface area contributed by atoms with Gasteiger partial charge < -0.3 is 9.84 Å². The fraction of sp³-hybridized carbons (Fsp3) is 0.207. The van der Waals surface area contributed by atoms with Gasteiger partial charge in [0.1, 0.15) is 18.5 Å². The van der Waals surface area contributed by atoms with Crippen LogP contribution in [0.4, 0.5) is 0 Å². The normalized spacial score (nSPS) is 12.9. The number of hydrogen-bond donors (Lipinski definition) is 1. The van der Waals surface area contributed by atoms with Crippen molar-refractivity contribution >= 4 is 34.7 Å². The summed E-state index contributed by atoms with van der Waals surface area (Å²) in [5.41, 5.74) is 4.59. The number of aliphatic hydroxyl groups is 1. The molecule has 0 amide bonds. The Balaban J connectivity index is 1.47. The molecular formula is C29H28ClNO2. The quantitative estimate of drug-likeness (QED) is 0.326. The Kier molecular flexibility index (Phi) is 6.83. The lowest BCUT2D eigenvalue weighted by Crippen LogP contribution is -2.16. The van der Waals surface area contributed by atoms with Gasteiger partial charge in [0, 0.05) is 10.4 Å². The maximum atomic E-state index is 10.8. The average Bonchev–Trinajstić information content (AvgIpc) is 2.80. The average molecular weight is 458 g/mol. The molecule has 3 aromatic carbocycles. The van der Waals surface area contributed by atoms with Gasteiger partial charge in [0.25, 0.3) is 0 Å². The van der Waals surface area contributed by atoms with Crippen molar-refractivity contribution in [3.05, 3.63) is 106 Å². The van der Waals surface area contributed by atoms with E-state index in [1.165, 1.54) is 0 Å². The van der Waals surface area contributed by atoms with Gasteiger partial charge in [0.15, 0.2) is 0 Å². The highest BCUT2D eigenvalue weighted by atomic mass is 35.5. The number of ether oxygens (including phenoxy) is 1. The predicted octanol–water partition coefficient (Wildman–Crippen LogP) is 7.47. The Morgan fingerprint density at radius 1 is 0.939 bits per heavy atom. The number of halogens is 1. The molecule has 4 heteroatoms. The van der Waals surface area contributed by atoms with Gasteiger partial charge in [-0.3, -0.25) is 0 Å². The Morgan fingerprint density at radius 3 is 2.55 bits per heavy atom. The maximum absolute atomic E-state index is 10.8. The van der Waals surface area contributed by atoms with E-state index in [0.29, 0.717) is 5.02 Å². The van der Waals surface area contributed by atoms with Gasteiger partial charge in [0.05, 0.1) is 11.2 Å². The third-order valence-corrected chi connectivity index (χ3v) is 5.74. The molecule has 4 rings (SSSR count). The Hall–Kier alpha value is -3.14. The van der Waals surface area contributed by atoms with Gasteiger partial charge in [0.2, 0.25) is 0 Å². The zero-order chi connectivity index (χ0) is 23.4. The first-order valence-electron chi connectivity index (χ1n) is 11.0. The van der Waals surface area contributed by atoms with E-state index in [-0.39, 0.29) is 12.0 Å². The van der Waals surface area contributed by atoms with Crippen molar-refractivity contribution in [2.45, 2.75) is 32.3 Å². The number of rotatable bonds is 6. The van der Waals surface area contributed by atoms with Crippen LogP contribution in [0.1, 0.15) is 49.3 Å². The lowest BCUT2D eigenvalue weighted by atomic mass is 9.86. The first-order valence-corrected chi connectivity index (χ1v) is 11.4. The van der Waals surface area contributed by atoms with Crippen LogP contribution in [0.15, 0.2) is 78.9 Å². The van der Waals surface area contributed by atoms with E-state index in [1.807, 2.05) is 84.9 Å². The minimum atomic E-state index is -0.729. The van der Waals surface area contributed by atoms with Crippen LogP contribution in [0, 0.1) is 0 Å². The number of aliphatic hydroxyl groups excluding tert-OH is 1. The van der Waals surface area contributed by atoms with E-state index in [4.69, 9.17) is 16.3 Å². The molecule has 4 aromatic rings. The molecule has 1 aromatic heterocycles. The van der Waals surface area contributed by atoms with Crippen LogP contribution in [-0.4, -0.2) is 16.7 Å². The van der Waals surface area contributed by atoms with E-state index in [0.717, 1.165) is 39.0 Å². The molecule has 0 aliphatic rings. The van der Waals surface area contributed by atoms with Crippen molar-refractivity contribution in [1.29, 1.82) is 0 Å². The summed E-state index contributed by atoms with van der Waals surface area (Å²) >= 11 is 6.09. The summed E-state index contributed by atoms with van der Waals surface area (Å²) in [5, 5.41) is 12.5. The highest BCUT2D eigenvalue weighted by Gasteiger charge is 2.19. The van der Waals surface area contributed by atoms with E-state index >= 15 is 0 Å². The van der Waals surface area contributed by atoms with Gasteiger partial charge in [-0.2, -0.15) is 0 Å². The summed E-state index contributed by atoms with van der Waals surface area (Å²) in [4.78, 5) is 4.66. The number of pyridine rings is 1. The standard InChI is InChI=1S/C29H28ClNO2/c1-29(2,3)25-9-4-5-10-28(25)33-19-27(32)22-8-6-7-20(17-22)11-15-24-16-13-21-12-14-23(30)18-26(21)31-24/h4-18,27,32H,19H2,1-3H3/b15-11+. The van der Waals surface area contributed by atoms with Crippen LogP contribution in [0.3, 0.4) is 0 Å². The molecule has 1 atom stereocenters. The van der Waals surface area contributed by atoms with Gasteiger partial charge in [-0.1, -0.05) is 87.0 Å². The van der Waals surface area contributed by atoms with E-state index in [2.05, 4.69) is 31.8 Å². The molecule has 0 saturated carbocycles. The summed E-state index contributed by atoms with van der Waals surface area (Å²) in [6.07, 6.45) is 3.22. The van der Waals surface area contributed by atoms with Gasteiger partial charge in [-0.05, 0) is 58.5 Å². The molecule has 0 aliphatic heterocycles. The zero-order valence-electron chi connectivity index (χ0n) is 19.1. The molecule has 0 fully saturated rings. The number of hydrogen-bond acceptors (Lipinski definition) is 3. The van der Waals surface area contributed by atoms with Crippen LogP contribution >= 0.6 is 11.6 Å². The smallest absolute Gasteiger partial charge is 0.123 e. The third kappa shape index (κ3) is 5.81. The fourth-order valence-electron chi connectivity index (χ4n) is 3.73. The highest BCUT2D eigenvalue weighted by Crippen LogP contribution is 2.31. The first-order chi connectivity index (χ1) is 15.8. The lowest BCUT2D eigenvalue weighted by molar-refractivity contribution is 0.107. The summed E-state index contributed by atoms with van der Waals surface area (Å²) in [7, 11) is 0. The second-order valence-corrected chi connectivity index (χ2v) is 9.59. The lowest BCUT2D eigenvalue weighted by Gasteiger charge is -2.23. The van der Waals surface area contributed by atoms with Crippen molar-refractivity contribution in [1.82, 2.24) is 4.98 Å². The molecule has 0 spiro atoms. The summed E-state index contributed by atoms with van der Waals surface area (Å²) in [6.45, 7) is 6.65. The molecule has 0 bridgehead atoms. The second kappa shape index (κ2) is 9.78. The molecule has 0 aliphatic carbocycles. The molecule has 33 heavy (non-hydrogen) atoms. The molecule has 0 saturated heterocycles. The van der Waals surface area contributed by atoms with Crippen LogP contribution in [-0.2, 0) is 5.41 Å². The van der Waals surface area contributed by atoms with Crippen molar-refractivity contribution in [3.63, 3.8) is 0 Å². The van der Waals surface area contributed by atoms with Gasteiger partial charge >= 0.3 is 0 Å². The van der Waals surface area contributed by atoms with E-state index < -0.39 is 6.10 Å². The Labute approximate surface area is 200 Å². The second-order valence-electron chi connectivity index (χ2n) is 9.15. The van der Waals surface area contributed by atoms with E-state index in [9.17, 15) is 5.11 Å². The third-order valence-electron chi connectivity index (χ3n) is 5.51. The van der Waals surface area contributed by atoms with Crippen molar-refractivity contribution in [2.24, 2.45) is 0 Å². The summed E-state index contributed by atoms with van der Waals surface area (Å²) in [5.74, 6) is 0.808. The predicted molar refractivity (Wildman–Crippen MR) is 138 cm³/mol. The number of aromatic nitrogens is 1. The number of benzene rings is 3. The van der Waals surface area contributed by atoms with Crippen molar-refractivity contribution in [3.8, 4) is 5.75 Å². The van der Waals surface area contributed by atoms with Gasteiger partial charge in [-0.25, -0.2) is 4.98 Å². The Morgan fingerprint density at radius 2 is 1.73 bits per heavy atom. The SMILES string of the molecule is CC(C)(C)c1ccccc1OCC(O)c1cccc(/C=C/c2ccc3ccc(Cl)cc3n2)c1. The largest absolute Gasteiger partial charge is 0.490 e. The van der Waals surface area contributed by atoms with Crippen LogP contribution in [0.2, 0.25) is 5.02 Å². The molecule has 3 nitrogen and oxygen atoms in total. The monoisotopic (exact) mass is 457 g/mol. The van der Waals surface area contributed by atoms with E-state index in [1.54, 1.807) is 0 Å². The molecular weight excluding hydrogens is 430 g/mol. The zero-order valence-corrected chi connectivity index (χ0v) is 19.9. The number of para-hydroxylation sites is 1.